The smallest absolute Gasteiger partial charge is 0.192 e. The van der Waals surface area contributed by atoms with E-state index in [0.29, 0.717) is 22.6 Å². The lowest BCUT2D eigenvalue weighted by Crippen LogP contribution is -2.40. The van der Waals surface area contributed by atoms with Crippen LogP contribution in [0.4, 0.5) is 0 Å². The highest BCUT2D eigenvalue weighted by molar-refractivity contribution is 6.74. The van der Waals surface area contributed by atoms with Crippen molar-refractivity contribution in [3.63, 3.8) is 0 Å². The summed E-state index contributed by atoms with van der Waals surface area (Å²) in [6.07, 6.45) is 0. The molecule has 6 heteroatoms. The maximum Gasteiger partial charge on any atom is 0.192 e. The molecule has 0 unspecified atom stereocenters. The molecule has 1 aromatic rings. The summed E-state index contributed by atoms with van der Waals surface area (Å²) in [5, 5.41) is 9.31. The number of carbonyl (C=O) groups excluding carboxylic acids is 1. The first-order valence-corrected chi connectivity index (χ1v) is 10.5. The van der Waals surface area contributed by atoms with Crippen LogP contribution in [0, 0.1) is 0 Å². The van der Waals surface area contributed by atoms with Crippen molar-refractivity contribution in [2.24, 2.45) is 0 Å². The number of hydrogen-bond donors (Lipinski definition) is 1. The van der Waals surface area contributed by atoms with Crippen molar-refractivity contribution in [2.45, 2.75) is 45.5 Å². The highest BCUT2D eigenvalue weighted by atomic mass is 28.4. The van der Waals surface area contributed by atoms with Gasteiger partial charge >= 0.3 is 0 Å². The van der Waals surface area contributed by atoms with E-state index in [-0.39, 0.29) is 11.6 Å². The molecular weight excluding hydrogens is 312 g/mol. The molecule has 0 spiro atoms. The van der Waals surface area contributed by atoms with Crippen LogP contribution in [0.3, 0.4) is 0 Å². The van der Waals surface area contributed by atoms with Crippen molar-refractivity contribution in [1.82, 2.24) is 0 Å². The summed E-state index contributed by atoms with van der Waals surface area (Å²) in [5.41, 5.74) is 1.03. The normalized spacial score (nSPS) is 12.2. The van der Waals surface area contributed by atoms with E-state index >= 15 is 0 Å². The Kier molecular flexibility index (Phi) is 6.38. The van der Waals surface area contributed by atoms with Gasteiger partial charge in [-0.15, -0.1) is 0 Å². The molecule has 0 saturated carbocycles. The molecular formula is C17H28O5Si. The van der Waals surface area contributed by atoms with Gasteiger partial charge in [0, 0.05) is 6.07 Å². The van der Waals surface area contributed by atoms with Gasteiger partial charge < -0.3 is 19.0 Å². The van der Waals surface area contributed by atoms with Crippen LogP contribution in [0.25, 0.3) is 0 Å². The van der Waals surface area contributed by atoms with Gasteiger partial charge in [0.2, 0.25) is 0 Å². The molecule has 0 aliphatic rings. The average molecular weight is 340 g/mol. The van der Waals surface area contributed by atoms with Crippen molar-refractivity contribution in [1.29, 1.82) is 0 Å². The molecule has 0 fully saturated rings. The minimum absolute atomic E-state index is 0.0666. The first kappa shape index (κ1) is 19.7. The quantitative estimate of drug-likeness (QED) is 0.609. The lowest BCUT2D eigenvalue weighted by Gasteiger charge is -2.36. The fourth-order valence-electron chi connectivity index (χ4n) is 1.91. The molecule has 0 amide bonds. The van der Waals surface area contributed by atoms with Crippen LogP contribution in [0.2, 0.25) is 18.1 Å². The lowest BCUT2D eigenvalue weighted by molar-refractivity contribution is 0.0897. The number of benzene rings is 1. The predicted octanol–water partition coefficient (Wildman–Crippen LogP) is 3.40. The first-order valence-electron chi connectivity index (χ1n) is 7.60. The second kappa shape index (κ2) is 7.46. The standard InChI is InChI=1S/C17H28O5Si/c1-17(2,3)23(6,7)22-11-12-8-13(20-4)9-15(21-5)16(12)14(19)10-18/h8-9,18H,10-11H2,1-7H3. The molecule has 1 aromatic carbocycles. The molecule has 1 N–H and O–H groups in total. The Morgan fingerprint density at radius 3 is 2.22 bits per heavy atom. The third kappa shape index (κ3) is 4.56. The zero-order valence-corrected chi connectivity index (χ0v) is 16.1. The molecule has 0 radical (unpaired) electrons. The summed E-state index contributed by atoms with van der Waals surface area (Å²) < 4.78 is 16.8. The average Bonchev–Trinajstić information content (AvgIpc) is 2.49. The number of carbonyl (C=O) groups is 1. The Balaban J connectivity index is 3.25. The van der Waals surface area contributed by atoms with Crippen molar-refractivity contribution >= 4 is 14.1 Å². The second-order valence-electron chi connectivity index (χ2n) is 6.99. The van der Waals surface area contributed by atoms with Gasteiger partial charge in [0.25, 0.3) is 0 Å². The van der Waals surface area contributed by atoms with E-state index in [2.05, 4.69) is 33.9 Å². The molecule has 5 nitrogen and oxygen atoms in total. The highest BCUT2D eigenvalue weighted by Crippen LogP contribution is 2.38. The lowest BCUT2D eigenvalue weighted by atomic mass is 10.0. The first-order chi connectivity index (χ1) is 10.6. The maximum absolute atomic E-state index is 12.1. The fraction of sp³-hybridized carbons (Fsp3) is 0.588. The van der Waals surface area contributed by atoms with E-state index in [0.717, 1.165) is 0 Å². The number of ether oxygens (including phenoxy) is 2. The molecule has 0 saturated heterocycles. The van der Waals surface area contributed by atoms with E-state index in [9.17, 15) is 9.90 Å². The molecule has 130 valence electrons. The van der Waals surface area contributed by atoms with Gasteiger partial charge in [-0.2, -0.15) is 0 Å². The molecule has 23 heavy (non-hydrogen) atoms. The largest absolute Gasteiger partial charge is 0.497 e. The fourth-order valence-corrected chi connectivity index (χ4v) is 2.86. The minimum atomic E-state index is -1.97. The molecule has 0 atom stereocenters. The predicted molar refractivity (Wildman–Crippen MR) is 92.9 cm³/mol. The Morgan fingerprint density at radius 1 is 1.17 bits per heavy atom. The second-order valence-corrected chi connectivity index (χ2v) is 11.8. The maximum atomic E-state index is 12.1. The van der Waals surface area contributed by atoms with Crippen LogP contribution >= 0.6 is 0 Å². The SMILES string of the molecule is COc1cc(CO[Si](C)(C)C(C)(C)C)c(C(=O)CO)c(OC)c1. The minimum Gasteiger partial charge on any atom is -0.497 e. The van der Waals surface area contributed by atoms with Crippen LogP contribution < -0.4 is 9.47 Å². The number of aliphatic hydroxyl groups excluding tert-OH is 1. The summed E-state index contributed by atoms with van der Waals surface area (Å²) in [6, 6.07) is 3.40. The van der Waals surface area contributed by atoms with Crippen molar-refractivity contribution < 1.29 is 23.8 Å². The number of hydrogen-bond acceptors (Lipinski definition) is 5. The highest BCUT2D eigenvalue weighted by Gasteiger charge is 2.37. The monoisotopic (exact) mass is 340 g/mol. The zero-order valence-electron chi connectivity index (χ0n) is 15.1. The number of ketones is 1. The van der Waals surface area contributed by atoms with Crippen LogP contribution in [0.5, 0.6) is 11.5 Å². The van der Waals surface area contributed by atoms with Crippen molar-refractivity contribution in [2.75, 3.05) is 20.8 Å². The van der Waals surface area contributed by atoms with Gasteiger partial charge in [0.1, 0.15) is 18.1 Å². The van der Waals surface area contributed by atoms with Gasteiger partial charge in [-0.1, -0.05) is 20.8 Å². The summed E-state index contributed by atoms with van der Waals surface area (Å²) in [5.74, 6) is 0.584. The summed E-state index contributed by atoms with van der Waals surface area (Å²) in [6.45, 7) is 10.5. The molecule has 0 bridgehead atoms. The van der Waals surface area contributed by atoms with Crippen LogP contribution in [-0.4, -0.2) is 40.0 Å². The zero-order chi connectivity index (χ0) is 17.8. The Hall–Kier alpha value is -1.37. The number of aliphatic hydroxyl groups is 1. The third-order valence-electron chi connectivity index (χ3n) is 4.43. The summed E-state index contributed by atoms with van der Waals surface area (Å²) in [7, 11) is 1.08. The van der Waals surface area contributed by atoms with Crippen LogP contribution in [0.15, 0.2) is 12.1 Å². The molecule has 0 heterocycles. The van der Waals surface area contributed by atoms with E-state index in [1.54, 1.807) is 19.2 Å². The van der Waals surface area contributed by atoms with Crippen LogP contribution in [-0.2, 0) is 11.0 Å². The Labute approximate surface area is 139 Å². The molecule has 0 aliphatic carbocycles. The van der Waals surface area contributed by atoms with Crippen molar-refractivity contribution in [3.8, 4) is 11.5 Å². The van der Waals surface area contributed by atoms with Crippen molar-refractivity contribution in [3.05, 3.63) is 23.3 Å². The molecule has 1 rings (SSSR count). The third-order valence-corrected chi connectivity index (χ3v) is 8.91. The van der Waals surface area contributed by atoms with Gasteiger partial charge in [0.05, 0.1) is 26.4 Å². The topological polar surface area (TPSA) is 65.0 Å². The van der Waals surface area contributed by atoms with Crippen LogP contribution in [0.1, 0.15) is 36.7 Å². The number of Topliss-reactive ketones (excluding diaryl/α,β-unsaturated/α-hetero) is 1. The van der Waals surface area contributed by atoms with E-state index in [1.807, 2.05) is 0 Å². The van der Waals surface area contributed by atoms with Gasteiger partial charge in [-0.05, 0) is 29.8 Å². The Morgan fingerprint density at radius 2 is 1.78 bits per heavy atom. The van der Waals surface area contributed by atoms with E-state index < -0.39 is 20.7 Å². The van der Waals surface area contributed by atoms with Gasteiger partial charge in [-0.25, -0.2) is 0 Å². The Bertz CT molecular complexity index is 561. The number of methoxy groups -OCH3 is 2. The summed E-state index contributed by atoms with van der Waals surface area (Å²) >= 11 is 0. The van der Waals surface area contributed by atoms with E-state index in [4.69, 9.17) is 13.9 Å². The number of rotatable bonds is 7. The van der Waals surface area contributed by atoms with E-state index in [1.165, 1.54) is 7.11 Å². The summed E-state index contributed by atoms with van der Waals surface area (Å²) in [4.78, 5) is 12.1. The molecule has 0 aromatic heterocycles. The molecule has 0 aliphatic heterocycles. The van der Waals surface area contributed by atoms with Gasteiger partial charge in [-0.3, -0.25) is 4.79 Å². The van der Waals surface area contributed by atoms with Gasteiger partial charge in [0.15, 0.2) is 14.1 Å².